The molecule has 0 aromatic rings. The SMILES string of the molecule is CCN1CCCC1CNC(=O)C1CCCC(C)C1N. The van der Waals surface area contributed by atoms with Crippen molar-refractivity contribution in [3.05, 3.63) is 0 Å². The standard InChI is InChI=1S/C15H29N3O/c1-3-18-9-5-7-12(18)10-17-15(19)13-8-4-6-11(2)14(13)16/h11-14H,3-10,16H2,1-2H3,(H,17,19). The summed E-state index contributed by atoms with van der Waals surface area (Å²) in [4.78, 5) is 14.8. The van der Waals surface area contributed by atoms with Crippen LogP contribution in [-0.4, -0.2) is 42.5 Å². The van der Waals surface area contributed by atoms with Gasteiger partial charge < -0.3 is 11.1 Å². The molecule has 2 aliphatic rings. The largest absolute Gasteiger partial charge is 0.354 e. The number of likely N-dealkylation sites (tertiary alicyclic amines) is 1. The minimum atomic E-state index is 0.0280. The highest BCUT2D eigenvalue weighted by Crippen LogP contribution is 2.28. The molecule has 0 spiro atoms. The number of likely N-dealkylation sites (N-methyl/N-ethyl adjacent to an activating group) is 1. The van der Waals surface area contributed by atoms with Gasteiger partial charge in [-0.2, -0.15) is 0 Å². The fourth-order valence-corrected chi connectivity index (χ4v) is 3.64. The molecule has 1 heterocycles. The predicted octanol–water partition coefficient (Wildman–Crippen LogP) is 1.35. The molecule has 3 N–H and O–H groups in total. The summed E-state index contributed by atoms with van der Waals surface area (Å²) in [6.45, 7) is 7.42. The van der Waals surface area contributed by atoms with Gasteiger partial charge in [-0.05, 0) is 44.7 Å². The predicted molar refractivity (Wildman–Crippen MR) is 77.8 cm³/mol. The van der Waals surface area contributed by atoms with Gasteiger partial charge in [0.25, 0.3) is 0 Å². The monoisotopic (exact) mass is 267 g/mol. The first kappa shape index (κ1) is 14.8. The number of carbonyl (C=O) groups excluding carboxylic acids is 1. The van der Waals surface area contributed by atoms with Gasteiger partial charge in [0.2, 0.25) is 5.91 Å². The van der Waals surface area contributed by atoms with Crippen LogP contribution in [0, 0.1) is 11.8 Å². The third-order valence-electron chi connectivity index (χ3n) is 5.05. The Morgan fingerprint density at radius 3 is 2.84 bits per heavy atom. The van der Waals surface area contributed by atoms with Gasteiger partial charge in [0.1, 0.15) is 0 Å². The number of nitrogens with one attached hydrogen (secondary N) is 1. The molecule has 4 unspecified atom stereocenters. The van der Waals surface area contributed by atoms with Crippen molar-refractivity contribution in [3.8, 4) is 0 Å². The van der Waals surface area contributed by atoms with Crippen molar-refractivity contribution in [2.24, 2.45) is 17.6 Å². The number of rotatable bonds is 4. The van der Waals surface area contributed by atoms with Crippen molar-refractivity contribution in [1.82, 2.24) is 10.2 Å². The van der Waals surface area contributed by atoms with E-state index in [1.54, 1.807) is 0 Å². The maximum absolute atomic E-state index is 12.3. The molecule has 1 saturated carbocycles. The van der Waals surface area contributed by atoms with Gasteiger partial charge in [0.05, 0.1) is 5.92 Å². The third-order valence-corrected chi connectivity index (χ3v) is 5.05. The number of carbonyl (C=O) groups is 1. The first-order valence-corrected chi connectivity index (χ1v) is 7.90. The summed E-state index contributed by atoms with van der Waals surface area (Å²) in [5.74, 6) is 0.686. The molecule has 4 nitrogen and oxygen atoms in total. The number of hydrogen-bond donors (Lipinski definition) is 2. The van der Waals surface area contributed by atoms with E-state index in [0.29, 0.717) is 12.0 Å². The summed E-state index contributed by atoms with van der Waals surface area (Å²) >= 11 is 0. The molecule has 1 saturated heterocycles. The zero-order valence-electron chi connectivity index (χ0n) is 12.4. The van der Waals surface area contributed by atoms with Gasteiger partial charge in [-0.15, -0.1) is 0 Å². The lowest BCUT2D eigenvalue weighted by Crippen LogP contribution is -2.49. The van der Waals surface area contributed by atoms with Crippen LogP contribution in [0.2, 0.25) is 0 Å². The van der Waals surface area contributed by atoms with Gasteiger partial charge >= 0.3 is 0 Å². The molecule has 110 valence electrons. The second-order valence-electron chi connectivity index (χ2n) is 6.26. The Kier molecular flexibility index (Phi) is 5.22. The molecule has 1 aliphatic heterocycles. The van der Waals surface area contributed by atoms with Crippen LogP contribution in [0.5, 0.6) is 0 Å². The molecule has 1 aliphatic carbocycles. The first-order chi connectivity index (χ1) is 9.13. The Bertz CT molecular complexity index is 308. The molecule has 4 heteroatoms. The van der Waals surface area contributed by atoms with E-state index in [4.69, 9.17) is 5.73 Å². The number of hydrogen-bond acceptors (Lipinski definition) is 3. The van der Waals surface area contributed by atoms with Crippen molar-refractivity contribution in [3.63, 3.8) is 0 Å². The summed E-state index contributed by atoms with van der Waals surface area (Å²) in [5, 5.41) is 3.15. The molecule has 2 fully saturated rings. The Morgan fingerprint density at radius 1 is 1.32 bits per heavy atom. The zero-order valence-corrected chi connectivity index (χ0v) is 12.4. The first-order valence-electron chi connectivity index (χ1n) is 7.90. The van der Waals surface area contributed by atoms with Crippen LogP contribution >= 0.6 is 0 Å². The number of nitrogens with zero attached hydrogens (tertiary/aromatic N) is 1. The Labute approximate surface area is 117 Å². The van der Waals surface area contributed by atoms with Gasteiger partial charge in [-0.3, -0.25) is 9.69 Å². The molecule has 0 radical (unpaired) electrons. The average Bonchev–Trinajstić information content (AvgIpc) is 2.86. The van der Waals surface area contributed by atoms with Crippen molar-refractivity contribution in [2.75, 3.05) is 19.6 Å². The lowest BCUT2D eigenvalue weighted by Gasteiger charge is -2.33. The minimum absolute atomic E-state index is 0.0280. The van der Waals surface area contributed by atoms with E-state index in [-0.39, 0.29) is 17.9 Å². The summed E-state index contributed by atoms with van der Waals surface area (Å²) in [6, 6.07) is 0.575. The van der Waals surface area contributed by atoms with Crippen molar-refractivity contribution in [1.29, 1.82) is 0 Å². The van der Waals surface area contributed by atoms with E-state index in [1.807, 2.05) is 0 Å². The van der Waals surface area contributed by atoms with E-state index in [1.165, 1.54) is 19.4 Å². The Balaban J connectivity index is 1.80. The molecule has 4 atom stereocenters. The third kappa shape index (κ3) is 3.48. The van der Waals surface area contributed by atoms with E-state index in [9.17, 15) is 4.79 Å². The molecule has 0 aromatic carbocycles. The molecular formula is C15H29N3O. The average molecular weight is 267 g/mol. The van der Waals surface area contributed by atoms with Crippen LogP contribution in [0.3, 0.4) is 0 Å². The van der Waals surface area contributed by atoms with Crippen LogP contribution in [0.15, 0.2) is 0 Å². The quantitative estimate of drug-likeness (QED) is 0.808. The minimum Gasteiger partial charge on any atom is -0.354 e. The Morgan fingerprint density at radius 2 is 2.11 bits per heavy atom. The lowest BCUT2D eigenvalue weighted by molar-refractivity contribution is -0.127. The number of amides is 1. The van der Waals surface area contributed by atoms with Crippen LogP contribution in [-0.2, 0) is 4.79 Å². The Hall–Kier alpha value is -0.610. The molecule has 1 amide bonds. The molecule has 2 rings (SSSR count). The maximum atomic E-state index is 12.3. The lowest BCUT2D eigenvalue weighted by atomic mass is 9.78. The second-order valence-corrected chi connectivity index (χ2v) is 6.26. The van der Waals surface area contributed by atoms with Crippen LogP contribution in [0.25, 0.3) is 0 Å². The molecule has 19 heavy (non-hydrogen) atoms. The van der Waals surface area contributed by atoms with E-state index >= 15 is 0 Å². The van der Waals surface area contributed by atoms with Gasteiger partial charge in [0.15, 0.2) is 0 Å². The smallest absolute Gasteiger partial charge is 0.224 e. The highest BCUT2D eigenvalue weighted by molar-refractivity contribution is 5.79. The van der Waals surface area contributed by atoms with Crippen LogP contribution in [0.1, 0.15) is 46.0 Å². The van der Waals surface area contributed by atoms with Gasteiger partial charge in [-0.1, -0.05) is 20.3 Å². The fourth-order valence-electron chi connectivity index (χ4n) is 3.64. The van der Waals surface area contributed by atoms with E-state index in [0.717, 1.165) is 32.4 Å². The molecule has 0 bridgehead atoms. The fraction of sp³-hybridized carbons (Fsp3) is 0.933. The van der Waals surface area contributed by atoms with E-state index < -0.39 is 0 Å². The van der Waals surface area contributed by atoms with Gasteiger partial charge in [-0.25, -0.2) is 0 Å². The number of nitrogens with two attached hydrogens (primary N) is 1. The zero-order chi connectivity index (χ0) is 13.8. The van der Waals surface area contributed by atoms with Crippen molar-refractivity contribution < 1.29 is 4.79 Å². The maximum Gasteiger partial charge on any atom is 0.224 e. The van der Waals surface area contributed by atoms with Crippen LogP contribution < -0.4 is 11.1 Å². The van der Waals surface area contributed by atoms with Gasteiger partial charge in [0, 0.05) is 18.6 Å². The highest BCUT2D eigenvalue weighted by atomic mass is 16.1. The summed E-state index contributed by atoms with van der Waals surface area (Å²) in [6.07, 6.45) is 5.73. The van der Waals surface area contributed by atoms with Crippen LogP contribution in [0.4, 0.5) is 0 Å². The topological polar surface area (TPSA) is 58.4 Å². The van der Waals surface area contributed by atoms with E-state index in [2.05, 4.69) is 24.1 Å². The summed E-state index contributed by atoms with van der Waals surface area (Å²) in [5.41, 5.74) is 6.19. The second kappa shape index (κ2) is 6.71. The normalized spacial score (nSPS) is 36.4. The summed E-state index contributed by atoms with van der Waals surface area (Å²) in [7, 11) is 0. The summed E-state index contributed by atoms with van der Waals surface area (Å²) < 4.78 is 0. The molecular weight excluding hydrogens is 238 g/mol. The molecule has 0 aromatic heterocycles. The van der Waals surface area contributed by atoms with Crippen molar-refractivity contribution >= 4 is 5.91 Å². The highest BCUT2D eigenvalue weighted by Gasteiger charge is 2.33. The van der Waals surface area contributed by atoms with Crippen molar-refractivity contribution in [2.45, 2.75) is 58.0 Å².